The molecule has 0 spiro atoms. The zero-order valence-corrected chi connectivity index (χ0v) is 15.4. The van der Waals surface area contributed by atoms with Crippen LogP contribution in [0.2, 0.25) is 0 Å². The van der Waals surface area contributed by atoms with Crippen molar-refractivity contribution in [1.29, 1.82) is 0 Å². The van der Waals surface area contributed by atoms with Crippen LogP contribution in [0.25, 0.3) is 10.9 Å². The first kappa shape index (κ1) is 17.8. The molecule has 0 aliphatic rings. The number of aromatic hydroxyl groups is 1. The van der Waals surface area contributed by atoms with Crippen molar-refractivity contribution in [2.24, 2.45) is 4.99 Å². The third-order valence-corrected chi connectivity index (χ3v) is 5.40. The van der Waals surface area contributed by atoms with Crippen LogP contribution in [0.1, 0.15) is 5.56 Å². The molecule has 1 aromatic heterocycles. The van der Waals surface area contributed by atoms with Crippen LogP contribution in [0.4, 0.5) is 5.69 Å². The van der Waals surface area contributed by atoms with Crippen molar-refractivity contribution in [2.75, 3.05) is 0 Å². The normalized spacial score (nSPS) is 11.9. The molecule has 2 N–H and O–H groups in total. The van der Waals surface area contributed by atoms with Gasteiger partial charge in [-0.05, 0) is 42.5 Å². The molecule has 0 saturated heterocycles. The summed E-state index contributed by atoms with van der Waals surface area (Å²) < 4.78 is 29.8. The first-order valence-electron chi connectivity index (χ1n) is 8.46. The smallest absolute Gasteiger partial charge is 0.339 e. The van der Waals surface area contributed by atoms with Gasteiger partial charge in [0, 0.05) is 17.1 Å². The van der Waals surface area contributed by atoms with Gasteiger partial charge in [-0.3, -0.25) is 4.99 Å². The van der Waals surface area contributed by atoms with Crippen LogP contribution in [-0.2, 0) is 10.1 Å². The number of para-hydroxylation sites is 2. The maximum Gasteiger partial charge on any atom is 0.339 e. The van der Waals surface area contributed by atoms with E-state index in [0.29, 0.717) is 11.3 Å². The number of aliphatic imine (C=N–C) groups is 1. The van der Waals surface area contributed by atoms with Gasteiger partial charge in [0.2, 0.25) is 0 Å². The van der Waals surface area contributed by atoms with Crippen molar-refractivity contribution in [3.8, 4) is 11.6 Å². The van der Waals surface area contributed by atoms with E-state index in [1.165, 1.54) is 18.3 Å². The molecule has 0 unspecified atom stereocenters. The molecular formula is C21H16N2O4S. The van der Waals surface area contributed by atoms with E-state index in [1.807, 2.05) is 24.3 Å². The van der Waals surface area contributed by atoms with Crippen LogP contribution < -0.4 is 4.18 Å². The molecule has 0 fully saturated rings. The zero-order valence-electron chi connectivity index (χ0n) is 14.6. The summed E-state index contributed by atoms with van der Waals surface area (Å²) in [5.41, 5.74) is 1.92. The van der Waals surface area contributed by atoms with Gasteiger partial charge in [0.15, 0.2) is 5.88 Å². The molecule has 0 aliphatic carbocycles. The molecule has 4 aromatic rings. The lowest BCUT2D eigenvalue weighted by Gasteiger charge is -2.06. The average molecular weight is 392 g/mol. The second kappa shape index (κ2) is 7.21. The fourth-order valence-electron chi connectivity index (χ4n) is 2.77. The highest BCUT2D eigenvalue weighted by molar-refractivity contribution is 7.87. The first-order valence-corrected chi connectivity index (χ1v) is 9.87. The van der Waals surface area contributed by atoms with Crippen molar-refractivity contribution >= 4 is 32.9 Å². The largest absolute Gasteiger partial charge is 0.494 e. The van der Waals surface area contributed by atoms with Crippen molar-refractivity contribution in [3.05, 3.63) is 84.4 Å². The molecule has 0 aliphatic heterocycles. The number of fused-ring (bicyclic) bond motifs is 1. The summed E-state index contributed by atoms with van der Waals surface area (Å²) in [5.74, 6) is 0.278. The van der Waals surface area contributed by atoms with Gasteiger partial charge in [-0.1, -0.05) is 36.4 Å². The van der Waals surface area contributed by atoms with E-state index in [2.05, 4.69) is 9.98 Å². The van der Waals surface area contributed by atoms with Crippen LogP contribution >= 0.6 is 0 Å². The minimum absolute atomic E-state index is 0.0282. The predicted octanol–water partition coefficient (Wildman–Crippen LogP) is 4.39. The van der Waals surface area contributed by atoms with Gasteiger partial charge in [0.25, 0.3) is 0 Å². The summed E-state index contributed by atoms with van der Waals surface area (Å²) in [6, 6.07) is 21.8. The Bertz CT molecular complexity index is 1240. The Labute approximate surface area is 161 Å². The van der Waals surface area contributed by atoms with Crippen LogP contribution in [0.15, 0.2) is 88.8 Å². The number of aromatic nitrogens is 1. The number of hydrogen-bond donors (Lipinski definition) is 2. The van der Waals surface area contributed by atoms with E-state index in [4.69, 9.17) is 4.18 Å². The lowest BCUT2D eigenvalue weighted by Crippen LogP contribution is -2.09. The van der Waals surface area contributed by atoms with Crippen LogP contribution in [-0.4, -0.2) is 24.7 Å². The highest BCUT2D eigenvalue weighted by Crippen LogP contribution is 2.26. The molecule has 140 valence electrons. The Kier molecular flexibility index (Phi) is 4.58. The fraction of sp³-hybridized carbons (Fsp3) is 0. The minimum Gasteiger partial charge on any atom is -0.494 e. The standard InChI is InChI=1S/C21H16N2O4S/c24-21-19(18-8-4-5-9-20(18)23-21)14-22-15-10-12-17(13-11-15)28(25,26)27-16-6-2-1-3-7-16/h1-14,23-24H. The molecular weight excluding hydrogens is 376 g/mol. The predicted molar refractivity (Wildman–Crippen MR) is 108 cm³/mol. The Morgan fingerprint density at radius 2 is 1.57 bits per heavy atom. The summed E-state index contributed by atoms with van der Waals surface area (Å²) in [4.78, 5) is 7.24. The molecule has 0 amide bonds. The number of aromatic amines is 1. The Hall–Kier alpha value is -3.58. The molecule has 7 heteroatoms. The molecule has 28 heavy (non-hydrogen) atoms. The lowest BCUT2D eigenvalue weighted by molar-refractivity contribution is 0.457. The van der Waals surface area contributed by atoms with Crippen molar-refractivity contribution in [3.63, 3.8) is 0 Å². The summed E-state index contributed by atoms with van der Waals surface area (Å²) in [5, 5.41) is 10.9. The van der Waals surface area contributed by atoms with Gasteiger partial charge in [0.1, 0.15) is 10.6 Å². The molecule has 6 nitrogen and oxygen atoms in total. The van der Waals surface area contributed by atoms with E-state index < -0.39 is 10.1 Å². The van der Waals surface area contributed by atoms with E-state index in [-0.39, 0.29) is 16.5 Å². The van der Waals surface area contributed by atoms with Crippen LogP contribution in [0.5, 0.6) is 11.6 Å². The molecule has 0 bridgehead atoms. The third-order valence-electron chi connectivity index (χ3n) is 4.14. The van der Waals surface area contributed by atoms with Gasteiger partial charge in [-0.15, -0.1) is 0 Å². The number of hydrogen-bond acceptors (Lipinski definition) is 5. The van der Waals surface area contributed by atoms with Crippen molar-refractivity contribution < 1.29 is 17.7 Å². The second-order valence-corrected chi connectivity index (χ2v) is 7.58. The van der Waals surface area contributed by atoms with E-state index in [9.17, 15) is 13.5 Å². The number of H-pyrrole nitrogens is 1. The Balaban J connectivity index is 1.56. The second-order valence-electron chi connectivity index (χ2n) is 6.04. The molecule has 0 radical (unpaired) electrons. The molecule has 1 heterocycles. The molecule has 0 saturated carbocycles. The van der Waals surface area contributed by atoms with Crippen LogP contribution in [0.3, 0.4) is 0 Å². The van der Waals surface area contributed by atoms with E-state index >= 15 is 0 Å². The first-order chi connectivity index (χ1) is 13.5. The Morgan fingerprint density at radius 1 is 0.893 bits per heavy atom. The number of nitrogens with zero attached hydrogens (tertiary/aromatic N) is 1. The van der Waals surface area contributed by atoms with Crippen molar-refractivity contribution in [2.45, 2.75) is 4.90 Å². The lowest BCUT2D eigenvalue weighted by atomic mass is 10.2. The number of nitrogens with one attached hydrogen (secondary N) is 1. The van der Waals surface area contributed by atoms with Crippen LogP contribution in [0, 0.1) is 0 Å². The summed E-state index contributed by atoms with van der Waals surface area (Å²) in [7, 11) is -3.92. The maximum absolute atomic E-state index is 12.4. The van der Waals surface area contributed by atoms with E-state index in [0.717, 1.165) is 10.9 Å². The number of rotatable bonds is 5. The summed E-state index contributed by atoms with van der Waals surface area (Å²) in [6.45, 7) is 0. The SMILES string of the molecule is O=S(=O)(Oc1ccccc1)c1ccc(N=Cc2c(O)[nH]c3ccccc23)cc1. The quantitative estimate of drug-likeness (QED) is 0.389. The number of benzene rings is 3. The third kappa shape index (κ3) is 3.60. The summed E-state index contributed by atoms with van der Waals surface area (Å²) >= 11 is 0. The van der Waals surface area contributed by atoms with Gasteiger partial charge in [-0.2, -0.15) is 8.42 Å². The monoisotopic (exact) mass is 392 g/mol. The van der Waals surface area contributed by atoms with Gasteiger partial charge in [0.05, 0.1) is 11.3 Å². The average Bonchev–Trinajstić information content (AvgIpc) is 3.02. The highest BCUT2D eigenvalue weighted by atomic mass is 32.2. The van der Waals surface area contributed by atoms with Gasteiger partial charge in [-0.25, -0.2) is 0 Å². The topological polar surface area (TPSA) is 91.8 Å². The fourth-order valence-corrected chi connectivity index (χ4v) is 3.70. The summed E-state index contributed by atoms with van der Waals surface area (Å²) in [6.07, 6.45) is 1.54. The minimum atomic E-state index is -3.92. The molecule has 0 atom stereocenters. The van der Waals surface area contributed by atoms with Gasteiger partial charge < -0.3 is 14.3 Å². The molecule has 4 rings (SSSR count). The molecule has 3 aromatic carbocycles. The van der Waals surface area contributed by atoms with Gasteiger partial charge >= 0.3 is 10.1 Å². The van der Waals surface area contributed by atoms with E-state index in [1.54, 1.807) is 42.5 Å². The maximum atomic E-state index is 12.4. The Morgan fingerprint density at radius 3 is 2.32 bits per heavy atom. The zero-order chi connectivity index (χ0) is 19.6. The highest BCUT2D eigenvalue weighted by Gasteiger charge is 2.16. The van der Waals surface area contributed by atoms with Crippen molar-refractivity contribution in [1.82, 2.24) is 4.98 Å².